The van der Waals surface area contributed by atoms with Gasteiger partial charge in [0.05, 0.1) is 11.1 Å². The van der Waals surface area contributed by atoms with Crippen molar-refractivity contribution in [2.45, 2.75) is 20.0 Å². The molecular weight excluding hydrogens is 232 g/mol. The van der Waals surface area contributed by atoms with Crippen molar-refractivity contribution in [2.75, 3.05) is 0 Å². The lowest BCUT2D eigenvalue weighted by molar-refractivity contribution is -0.0498. The Morgan fingerprint density at radius 1 is 1.59 bits per heavy atom. The lowest BCUT2D eigenvalue weighted by atomic mass is 9.99. The smallest absolute Gasteiger partial charge is 0.387 e. The maximum atomic E-state index is 12.0. The Kier molecular flexibility index (Phi) is 3.99. The summed E-state index contributed by atoms with van der Waals surface area (Å²) in [7, 11) is 0. The van der Waals surface area contributed by atoms with Crippen LogP contribution < -0.4 is 4.74 Å². The highest BCUT2D eigenvalue weighted by Crippen LogP contribution is 2.24. The molecule has 1 N–H and O–H groups in total. The van der Waals surface area contributed by atoms with Crippen molar-refractivity contribution >= 4 is 5.97 Å². The summed E-state index contributed by atoms with van der Waals surface area (Å²) in [6.07, 6.45) is 0.302. The maximum absolute atomic E-state index is 12.0. The van der Waals surface area contributed by atoms with Crippen LogP contribution in [0.3, 0.4) is 0 Å². The van der Waals surface area contributed by atoms with Gasteiger partial charge in [0.15, 0.2) is 0 Å². The van der Waals surface area contributed by atoms with Crippen molar-refractivity contribution in [3.63, 3.8) is 0 Å². The molecule has 0 aliphatic rings. The summed E-state index contributed by atoms with van der Waals surface area (Å²) in [5.41, 5.74) is -0.0729. The van der Waals surface area contributed by atoms with Gasteiger partial charge in [-0.25, -0.2) is 4.79 Å². The molecule has 0 saturated heterocycles. The number of carboxylic acids is 1. The molecule has 0 spiro atoms. The molecule has 0 saturated carbocycles. The lowest BCUT2D eigenvalue weighted by Crippen LogP contribution is -2.08. The number of hydrogen-bond acceptors (Lipinski definition) is 3. The molecule has 90 valence electrons. The fraction of sp³-hybridized carbons (Fsp3) is 0.273. The van der Waals surface area contributed by atoms with Crippen molar-refractivity contribution in [3.8, 4) is 11.8 Å². The van der Waals surface area contributed by atoms with Gasteiger partial charge in [0.1, 0.15) is 11.8 Å². The van der Waals surface area contributed by atoms with Crippen LogP contribution in [0, 0.1) is 11.3 Å². The van der Waals surface area contributed by atoms with Crippen LogP contribution in [-0.4, -0.2) is 17.7 Å². The molecule has 0 radical (unpaired) electrons. The van der Waals surface area contributed by atoms with Crippen LogP contribution in [0.25, 0.3) is 0 Å². The van der Waals surface area contributed by atoms with Gasteiger partial charge in [0.2, 0.25) is 0 Å². The molecule has 0 aliphatic heterocycles. The monoisotopic (exact) mass is 241 g/mol. The molecule has 4 nitrogen and oxygen atoms in total. The Labute approximate surface area is 96.0 Å². The minimum absolute atomic E-state index is 0.170. The molecule has 1 rings (SSSR count). The van der Waals surface area contributed by atoms with E-state index in [4.69, 9.17) is 10.4 Å². The number of nitriles is 1. The first kappa shape index (κ1) is 12.9. The van der Waals surface area contributed by atoms with Crippen LogP contribution in [0.5, 0.6) is 5.75 Å². The number of carboxylic acid groups (broad SMARTS) is 1. The second-order valence-corrected chi connectivity index (χ2v) is 3.15. The summed E-state index contributed by atoms with van der Waals surface area (Å²) in [5, 5.41) is 17.7. The molecule has 0 atom stereocenters. The van der Waals surface area contributed by atoms with Crippen LogP contribution in [0.1, 0.15) is 28.4 Å². The molecule has 1 aromatic carbocycles. The summed E-state index contributed by atoms with van der Waals surface area (Å²) in [4.78, 5) is 11.0. The minimum atomic E-state index is -3.01. The molecule has 6 heteroatoms. The maximum Gasteiger partial charge on any atom is 0.387 e. The van der Waals surface area contributed by atoms with E-state index in [0.717, 1.165) is 6.07 Å². The van der Waals surface area contributed by atoms with Crippen LogP contribution in [-0.2, 0) is 6.42 Å². The van der Waals surface area contributed by atoms with E-state index in [9.17, 15) is 13.6 Å². The number of alkyl halides is 2. The summed E-state index contributed by atoms with van der Waals surface area (Å²) < 4.78 is 28.2. The summed E-state index contributed by atoms with van der Waals surface area (Å²) in [6.45, 7) is -1.35. The second-order valence-electron chi connectivity index (χ2n) is 3.15. The molecule has 0 fully saturated rings. The zero-order valence-corrected chi connectivity index (χ0v) is 8.91. The molecule has 0 bridgehead atoms. The Hall–Kier alpha value is -2.16. The van der Waals surface area contributed by atoms with Gasteiger partial charge in [-0.3, -0.25) is 0 Å². The van der Waals surface area contributed by atoms with Crippen LogP contribution in [0.15, 0.2) is 12.1 Å². The zero-order valence-electron chi connectivity index (χ0n) is 8.91. The minimum Gasteiger partial charge on any atom is -0.478 e. The van der Waals surface area contributed by atoms with Gasteiger partial charge >= 0.3 is 12.6 Å². The first-order chi connectivity index (χ1) is 7.99. The first-order valence-corrected chi connectivity index (χ1v) is 4.74. The van der Waals surface area contributed by atoms with Crippen LogP contribution in [0.2, 0.25) is 0 Å². The topological polar surface area (TPSA) is 70.3 Å². The van der Waals surface area contributed by atoms with E-state index in [1.807, 2.05) is 0 Å². The third kappa shape index (κ3) is 2.91. The van der Waals surface area contributed by atoms with Gasteiger partial charge in [0.25, 0.3) is 0 Å². The van der Waals surface area contributed by atoms with Crippen LogP contribution in [0.4, 0.5) is 8.78 Å². The normalized spacial score (nSPS) is 10.1. The standard InChI is InChI=1S/C11H9F2NO3/c1-2-6-3-8(17-11(12)13)4-7(5-14)9(6)10(15)16/h3-4,11H,2H2,1H3,(H,15,16). The molecule has 0 unspecified atom stereocenters. The van der Waals surface area contributed by atoms with Crippen molar-refractivity contribution < 1.29 is 23.4 Å². The van der Waals surface area contributed by atoms with Gasteiger partial charge in [0, 0.05) is 0 Å². The number of aromatic carboxylic acids is 1. The number of carbonyl (C=O) groups is 1. The Morgan fingerprint density at radius 3 is 2.65 bits per heavy atom. The van der Waals surface area contributed by atoms with Gasteiger partial charge in [-0.05, 0) is 24.1 Å². The number of rotatable bonds is 4. The largest absolute Gasteiger partial charge is 0.478 e. The highest BCUT2D eigenvalue weighted by atomic mass is 19.3. The van der Waals surface area contributed by atoms with E-state index in [1.54, 1.807) is 13.0 Å². The first-order valence-electron chi connectivity index (χ1n) is 4.74. The van der Waals surface area contributed by atoms with Crippen LogP contribution >= 0.6 is 0 Å². The molecule has 1 aromatic rings. The van der Waals surface area contributed by atoms with E-state index in [-0.39, 0.29) is 22.4 Å². The highest BCUT2D eigenvalue weighted by molar-refractivity contribution is 5.92. The van der Waals surface area contributed by atoms with Crippen molar-refractivity contribution in [1.29, 1.82) is 5.26 Å². The fourth-order valence-electron chi connectivity index (χ4n) is 1.46. The lowest BCUT2D eigenvalue weighted by Gasteiger charge is -2.10. The highest BCUT2D eigenvalue weighted by Gasteiger charge is 2.17. The average Bonchev–Trinajstić information content (AvgIpc) is 2.26. The molecular formula is C11H9F2NO3. The Balaban J connectivity index is 3.35. The van der Waals surface area contributed by atoms with Gasteiger partial charge in [-0.15, -0.1) is 0 Å². The van der Waals surface area contributed by atoms with E-state index in [2.05, 4.69) is 4.74 Å². The second kappa shape index (κ2) is 5.25. The van der Waals surface area contributed by atoms with Crippen molar-refractivity contribution in [1.82, 2.24) is 0 Å². The number of ether oxygens (including phenoxy) is 1. The zero-order chi connectivity index (χ0) is 13.0. The molecule has 0 heterocycles. The number of hydrogen-bond donors (Lipinski definition) is 1. The fourth-order valence-corrected chi connectivity index (χ4v) is 1.46. The van der Waals surface area contributed by atoms with E-state index in [1.165, 1.54) is 6.07 Å². The van der Waals surface area contributed by atoms with Gasteiger partial charge < -0.3 is 9.84 Å². The number of nitrogens with zero attached hydrogens (tertiary/aromatic N) is 1. The van der Waals surface area contributed by atoms with Gasteiger partial charge in [-0.2, -0.15) is 14.0 Å². The SMILES string of the molecule is CCc1cc(OC(F)F)cc(C#N)c1C(=O)O. The third-order valence-corrected chi connectivity index (χ3v) is 2.13. The molecule has 0 aliphatic carbocycles. The average molecular weight is 241 g/mol. The van der Waals surface area contributed by atoms with Crippen molar-refractivity contribution in [3.05, 3.63) is 28.8 Å². The molecule has 17 heavy (non-hydrogen) atoms. The molecule has 0 amide bonds. The summed E-state index contributed by atoms with van der Waals surface area (Å²) >= 11 is 0. The van der Waals surface area contributed by atoms with E-state index < -0.39 is 12.6 Å². The number of benzene rings is 1. The molecule has 0 aromatic heterocycles. The predicted molar refractivity (Wildman–Crippen MR) is 54.1 cm³/mol. The quantitative estimate of drug-likeness (QED) is 0.878. The number of aryl methyl sites for hydroxylation is 1. The van der Waals surface area contributed by atoms with E-state index in [0.29, 0.717) is 6.42 Å². The number of halogens is 2. The predicted octanol–water partition coefficient (Wildman–Crippen LogP) is 2.42. The summed E-state index contributed by atoms with van der Waals surface area (Å²) in [5.74, 6) is -1.47. The van der Waals surface area contributed by atoms with Gasteiger partial charge in [-0.1, -0.05) is 6.92 Å². The Morgan fingerprint density at radius 2 is 2.24 bits per heavy atom. The van der Waals surface area contributed by atoms with Crippen molar-refractivity contribution in [2.24, 2.45) is 0 Å². The third-order valence-electron chi connectivity index (χ3n) is 2.13. The Bertz CT molecular complexity index is 480. The summed E-state index contributed by atoms with van der Waals surface area (Å²) in [6, 6.07) is 3.86. The van der Waals surface area contributed by atoms with E-state index >= 15 is 0 Å².